The molecule has 0 bridgehead atoms. The summed E-state index contributed by atoms with van der Waals surface area (Å²) in [5, 5.41) is 4.08. The average molecular weight is 791 g/mol. The lowest BCUT2D eigenvalue weighted by Gasteiger charge is -2.45. The van der Waals surface area contributed by atoms with Crippen LogP contribution in [0.25, 0.3) is 0 Å². The van der Waals surface area contributed by atoms with Crippen molar-refractivity contribution < 1.29 is 4.74 Å². The van der Waals surface area contributed by atoms with Gasteiger partial charge in [0.25, 0.3) is 0 Å². The molecule has 2 saturated carbocycles. The molecule has 0 aromatic carbocycles. The van der Waals surface area contributed by atoms with Crippen molar-refractivity contribution in [3.8, 4) is 0 Å². The SMILES string of the molecule is CC1C=CC2C3C=NC(C4CC5C(=CN4)C4CCC=CC4N5C4CCCC(C5=CC=CCC5)C4)CC3N(C3=CC(C)C(C4C=CC=C5C6CCCCC6OC54)C=C3)C2C1. The van der Waals surface area contributed by atoms with Crippen LogP contribution in [0.5, 0.6) is 0 Å². The van der Waals surface area contributed by atoms with E-state index in [1.54, 1.807) is 16.7 Å². The largest absolute Gasteiger partial charge is 0.386 e. The van der Waals surface area contributed by atoms with Crippen molar-refractivity contribution in [2.75, 3.05) is 0 Å². The summed E-state index contributed by atoms with van der Waals surface area (Å²) in [6.07, 6.45) is 57.5. The molecule has 1 N–H and O–H groups in total. The molecule has 18 atom stereocenters. The van der Waals surface area contributed by atoms with Crippen LogP contribution in [0.15, 0.2) is 113 Å². The smallest absolute Gasteiger partial charge is 0.0864 e. The van der Waals surface area contributed by atoms with Crippen molar-refractivity contribution in [1.29, 1.82) is 0 Å². The van der Waals surface area contributed by atoms with Gasteiger partial charge in [0, 0.05) is 77.8 Å². The molecule has 5 heteroatoms. The Labute approximate surface area is 355 Å². The first-order valence-electron chi connectivity index (χ1n) is 24.8. The molecule has 5 nitrogen and oxygen atoms in total. The Balaban J connectivity index is 0.793. The van der Waals surface area contributed by atoms with Crippen LogP contribution in [0.2, 0.25) is 0 Å². The van der Waals surface area contributed by atoms with E-state index in [-0.39, 0.29) is 6.10 Å². The molecule has 3 saturated heterocycles. The van der Waals surface area contributed by atoms with Gasteiger partial charge in [-0.05, 0) is 124 Å². The number of nitrogens with one attached hydrogen (secondary N) is 1. The zero-order valence-corrected chi connectivity index (χ0v) is 35.9. The molecule has 312 valence electrons. The van der Waals surface area contributed by atoms with E-state index in [1.807, 2.05) is 0 Å². The standard InChI is InChI=1S/C54H70N4O/c1-33-22-24-41-46-32-56-48(47-29-51-45(31-55-47)40-16-6-8-20-49(40)57(51)37-15-10-14-36(28-37)35-12-4-3-5-13-35)30-52(46)58(50(41)26-33)38-23-25-39(34(2)27-38)43-18-11-19-44-42-17-7-9-21-53(42)59-54(43)44/h3-4,8,11-12,18-20,22-25,27,31-34,36-37,39-43,46-55H,5-7,9-10,13-17,21,26,28-30H2,1-2H3. The van der Waals surface area contributed by atoms with E-state index in [9.17, 15) is 0 Å². The number of rotatable bonds is 5. The first-order chi connectivity index (χ1) is 29.1. The number of fused-ring (bicyclic) bond motifs is 9. The number of ether oxygens (including phenoxy) is 1. The molecular weight excluding hydrogens is 721 g/mol. The predicted octanol–water partition coefficient (Wildman–Crippen LogP) is 10.6. The topological polar surface area (TPSA) is 40.1 Å². The normalized spacial score (nSPS) is 48.1. The summed E-state index contributed by atoms with van der Waals surface area (Å²) in [6.45, 7) is 4.93. The number of hydrogen-bond acceptors (Lipinski definition) is 5. The van der Waals surface area contributed by atoms with Gasteiger partial charge in [-0.2, -0.15) is 0 Å². The summed E-state index contributed by atoms with van der Waals surface area (Å²) in [7, 11) is 0. The molecule has 0 amide bonds. The van der Waals surface area contributed by atoms with Crippen LogP contribution in [0.3, 0.4) is 0 Å². The van der Waals surface area contributed by atoms with Gasteiger partial charge in [0.15, 0.2) is 0 Å². The maximum Gasteiger partial charge on any atom is 0.0864 e. The van der Waals surface area contributed by atoms with Crippen molar-refractivity contribution in [3.63, 3.8) is 0 Å². The molecule has 0 radical (unpaired) electrons. The van der Waals surface area contributed by atoms with Gasteiger partial charge < -0.3 is 15.0 Å². The van der Waals surface area contributed by atoms with E-state index in [0.717, 1.165) is 12.3 Å². The zero-order valence-electron chi connectivity index (χ0n) is 35.9. The van der Waals surface area contributed by atoms with Crippen molar-refractivity contribution >= 4 is 6.21 Å². The van der Waals surface area contributed by atoms with Crippen LogP contribution < -0.4 is 5.32 Å². The fraction of sp³-hybridized carbons (Fsp3) is 0.648. The van der Waals surface area contributed by atoms with E-state index < -0.39 is 0 Å². The first kappa shape index (κ1) is 37.6. The molecule has 5 aliphatic heterocycles. The highest BCUT2D eigenvalue weighted by Gasteiger charge is 2.55. The highest BCUT2D eigenvalue weighted by atomic mass is 16.5. The minimum Gasteiger partial charge on any atom is -0.386 e. The van der Waals surface area contributed by atoms with Gasteiger partial charge in [-0.15, -0.1) is 0 Å². The van der Waals surface area contributed by atoms with Gasteiger partial charge >= 0.3 is 0 Å². The molecule has 5 fully saturated rings. The molecule has 0 aromatic rings. The molecule has 0 aromatic heterocycles. The molecule has 59 heavy (non-hydrogen) atoms. The Morgan fingerprint density at radius 1 is 0.746 bits per heavy atom. The maximum absolute atomic E-state index is 6.93. The molecule has 18 unspecified atom stereocenters. The minimum atomic E-state index is 0.264. The second-order valence-electron chi connectivity index (χ2n) is 21.3. The van der Waals surface area contributed by atoms with Gasteiger partial charge in [0.05, 0.1) is 18.2 Å². The molecule has 12 aliphatic rings. The fourth-order valence-electron chi connectivity index (χ4n) is 15.5. The van der Waals surface area contributed by atoms with E-state index in [4.69, 9.17) is 9.73 Å². The monoisotopic (exact) mass is 791 g/mol. The predicted molar refractivity (Wildman–Crippen MR) is 241 cm³/mol. The summed E-state index contributed by atoms with van der Waals surface area (Å²) in [4.78, 5) is 11.6. The Hall–Kier alpha value is -3.15. The number of allylic oxidation sites excluding steroid dienone is 11. The van der Waals surface area contributed by atoms with Gasteiger partial charge in [-0.3, -0.25) is 9.89 Å². The Morgan fingerprint density at radius 3 is 2.59 bits per heavy atom. The minimum absolute atomic E-state index is 0.264. The number of nitrogens with zero attached hydrogens (tertiary/aromatic N) is 3. The third kappa shape index (κ3) is 6.39. The summed E-state index contributed by atoms with van der Waals surface area (Å²) in [5.41, 5.74) is 6.52. The van der Waals surface area contributed by atoms with Gasteiger partial charge in [0.2, 0.25) is 0 Å². The van der Waals surface area contributed by atoms with Crippen LogP contribution in [0.4, 0.5) is 0 Å². The Kier molecular flexibility index (Phi) is 9.77. The number of hydrogen-bond donors (Lipinski definition) is 1. The number of aliphatic imine (C=N–C) groups is 1. The lowest BCUT2D eigenvalue weighted by Crippen LogP contribution is -2.53. The average Bonchev–Trinajstić information content (AvgIpc) is 3.93. The van der Waals surface area contributed by atoms with Crippen LogP contribution in [-0.2, 0) is 4.74 Å². The number of likely N-dealkylation sites (tertiary alicyclic amines) is 2. The molecule has 5 heterocycles. The van der Waals surface area contributed by atoms with Crippen molar-refractivity contribution in [1.82, 2.24) is 15.1 Å². The van der Waals surface area contributed by atoms with E-state index in [1.165, 1.54) is 95.6 Å². The fourth-order valence-corrected chi connectivity index (χ4v) is 15.5. The summed E-state index contributed by atoms with van der Waals surface area (Å²) >= 11 is 0. The van der Waals surface area contributed by atoms with E-state index in [0.29, 0.717) is 95.7 Å². The van der Waals surface area contributed by atoms with Crippen LogP contribution in [0, 0.1) is 53.3 Å². The zero-order chi connectivity index (χ0) is 39.2. The van der Waals surface area contributed by atoms with Crippen LogP contribution >= 0.6 is 0 Å². The van der Waals surface area contributed by atoms with Crippen molar-refractivity contribution in [3.05, 3.63) is 108 Å². The van der Waals surface area contributed by atoms with E-state index in [2.05, 4.69) is 120 Å². The Bertz CT molecular complexity index is 1960. The summed E-state index contributed by atoms with van der Waals surface area (Å²) < 4.78 is 6.93. The van der Waals surface area contributed by atoms with Gasteiger partial charge in [-0.25, -0.2) is 0 Å². The summed E-state index contributed by atoms with van der Waals surface area (Å²) in [5.74, 6) is 5.10. The highest BCUT2D eigenvalue weighted by Crippen LogP contribution is 2.53. The van der Waals surface area contributed by atoms with E-state index >= 15 is 0 Å². The van der Waals surface area contributed by atoms with Crippen LogP contribution in [0.1, 0.15) is 110 Å². The van der Waals surface area contributed by atoms with Crippen molar-refractivity contribution in [2.45, 2.75) is 165 Å². The van der Waals surface area contributed by atoms with Crippen LogP contribution in [-0.4, -0.2) is 70.5 Å². The highest BCUT2D eigenvalue weighted by molar-refractivity contribution is 5.66. The third-order valence-electron chi connectivity index (χ3n) is 18.2. The molecule has 12 rings (SSSR count). The molecule has 7 aliphatic carbocycles. The second-order valence-corrected chi connectivity index (χ2v) is 21.3. The first-order valence-corrected chi connectivity index (χ1v) is 24.8. The summed E-state index contributed by atoms with van der Waals surface area (Å²) in [6, 6.07) is 3.50. The lowest BCUT2D eigenvalue weighted by atomic mass is 9.71. The lowest BCUT2D eigenvalue weighted by molar-refractivity contribution is -0.00530. The van der Waals surface area contributed by atoms with Gasteiger partial charge in [-0.1, -0.05) is 112 Å². The molecule has 0 spiro atoms. The van der Waals surface area contributed by atoms with Gasteiger partial charge in [0.1, 0.15) is 0 Å². The Morgan fingerprint density at radius 2 is 1.68 bits per heavy atom. The third-order valence-corrected chi connectivity index (χ3v) is 18.2. The van der Waals surface area contributed by atoms with Crippen molar-refractivity contribution in [2.24, 2.45) is 58.3 Å². The molecular formula is C54H70N4O. The quantitative estimate of drug-likeness (QED) is 0.282. The maximum atomic E-state index is 6.93. The second kappa shape index (κ2) is 15.3.